The molecule has 0 atom stereocenters. The van der Waals surface area contributed by atoms with Crippen LogP contribution in [0.3, 0.4) is 0 Å². The van der Waals surface area contributed by atoms with Crippen molar-refractivity contribution >= 4 is 11.6 Å². The van der Waals surface area contributed by atoms with E-state index in [0.717, 1.165) is 11.6 Å². The Labute approximate surface area is 95.3 Å². The molecule has 0 aliphatic rings. The summed E-state index contributed by atoms with van der Waals surface area (Å²) in [5.41, 5.74) is 1.24. The summed E-state index contributed by atoms with van der Waals surface area (Å²) in [6, 6.07) is 5.98. The number of hydrogen-bond donors (Lipinski definition) is 1. The maximum atomic E-state index is 4.34. The van der Waals surface area contributed by atoms with Crippen LogP contribution in [0.4, 0.5) is 11.6 Å². The summed E-state index contributed by atoms with van der Waals surface area (Å²) in [6.45, 7) is 4.31. The van der Waals surface area contributed by atoms with Gasteiger partial charge in [0.25, 0.3) is 0 Å². The number of aromatic nitrogens is 3. The molecule has 2 aromatic rings. The van der Waals surface area contributed by atoms with Gasteiger partial charge in [0.05, 0.1) is 0 Å². The fourth-order valence-corrected chi connectivity index (χ4v) is 1.43. The van der Waals surface area contributed by atoms with Crippen LogP contribution in [0.1, 0.15) is 25.3 Å². The van der Waals surface area contributed by atoms with Crippen LogP contribution in [0, 0.1) is 0 Å². The van der Waals surface area contributed by atoms with Gasteiger partial charge in [-0.1, -0.05) is 19.9 Å². The predicted molar refractivity (Wildman–Crippen MR) is 64.8 cm³/mol. The molecular formula is C12H16N4. The Kier molecular flexibility index (Phi) is 2.90. The lowest BCUT2D eigenvalue weighted by atomic mass is 10.1. The smallest absolute Gasteiger partial charge is 0.153 e. The molecule has 0 spiro atoms. The molecule has 2 rings (SSSR count). The molecule has 0 aliphatic carbocycles. The van der Waals surface area contributed by atoms with Crippen LogP contribution in [0.2, 0.25) is 0 Å². The minimum Gasteiger partial charge on any atom is -0.323 e. The van der Waals surface area contributed by atoms with Gasteiger partial charge in [-0.15, -0.1) is 0 Å². The Morgan fingerprint density at radius 3 is 2.50 bits per heavy atom. The lowest BCUT2D eigenvalue weighted by Gasteiger charge is -2.06. The Balaban J connectivity index is 2.11. The van der Waals surface area contributed by atoms with Gasteiger partial charge in [-0.3, -0.25) is 4.68 Å². The Bertz CT molecular complexity index is 456. The minimum atomic E-state index is 0.511. The summed E-state index contributed by atoms with van der Waals surface area (Å²) in [5, 5.41) is 7.38. The van der Waals surface area contributed by atoms with E-state index >= 15 is 0 Å². The lowest BCUT2D eigenvalue weighted by molar-refractivity contribution is 0.771. The highest BCUT2D eigenvalue weighted by molar-refractivity contribution is 5.50. The quantitative estimate of drug-likeness (QED) is 0.857. The Morgan fingerprint density at radius 1 is 1.19 bits per heavy atom. The summed E-state index contributed by atoms with van der Waals surface area (Å²) in [7, 11) is 1.89. The summed E-state index contributed by atoms with van der Waals surface area (Å²) < 4.78 is 1.75. The van der Waals surface area contributed by atoms with Crippen LogP contribution in [-0.2, 0) is 7.05 Å². The number of aryl methyl sites for hydroxylation is 1. The third-order valence-corrected chi connectivity index (χ3v) is 2.42. The van der Waals surface area contributed by atoms with Crippen LogP contribution in [0.15, 0.2) is 30.6 Å². The number of anilines is 2. The third-order valence-electron chi connectivity index (χ3n) is 2.42. The van der Waals surface area contributed by atoms with Crippen LogP contribution in [0.5, 0.6) is 0 Å². The van der Waals surface area contributed by atoms with E-state index in [1.54, 1.807) is 4.68 Å². The van der Waals surface area contributed by atoms with Gasteiger partial charge in [0.1, 0.15) is 5.82 Å². The molecule has 4 nitrogen and oxygen atoms in total. The molecule has 0 saturated heterocycles. The van der Waals surface area contributed by atoms with Crippen molar-refractivity contribution in [2.24, 2.45) is 7.05 Å². The fraction of sp³-hybridized carbons (Fsp3) is 0.333. The molecule has 0 bridgehead atoms. The van der Waals surface area contributed by atoms with Crippen molar-refractivity contribution in [3.63, 3.8) is 0 Å². The maximum absolute atomic E-state index is 4.34. The topological polar surface area (TPSA) is 42.7 Å². The van der Waals surface area contributed by atoms with E-state index in [1.807, 2.05) is 31.6 Å². The predicted octanol–water partition coefficient (Wildman–Crippen LogP) is 2.68. The SMILES string of the molecule is CC(C)c1ccc(Nc2ccn(C)n2)nc1. The number of rotatable bonds is 3. The molecular weight excluding hydrogens is 200 g/mol. The monoisotopic (exact) mass is 216 g/mol. The highest BCUT2D eigenvalue weighted by atomic mass is 15.3. The number of nitrogens with zero attached hydrogens (tertiary/aromatic N) is 3. The summed E-state index contributed by atoms with van der Waals surface area (Å²) in [5.74, 6) is 2.15. The summed E-state index contributed by atoms with van der Waals surface area (Å²) in [4.78, 5) is 4.34. The highest BCUT2D eigenvalue weighted by Gasteiger charge is 2.01. The van der Waals surface area contributed by atoms with Crippen molar-refractivity contribution in [2.45, 2.75) is 19.8 Å². The van der Waals surface area contributed by atoms with E-state index in [4.69, 9.17) is 0 Å². The normalized spacial score (nSPS) is 10.8. The molecule has 4 heteroatoms. The van der Waals surface area contributed by atoms with Gasteiger partial charge in [-0.05, 0) is 17.5 Å². The maximum Gasteiger partial charge on any atom is 0.153 e. The van der Waals surface area contributed by atoms with E-state index in [9.17, 15) is 0 Å². The van der Waals surface area contributed by atoms with Crippen molar-refractivity contribution < 1.29 is 0 Å². The third kappa shape index (κ3) is 2.39. The summed E-state index contributed by atoms with van der Waals surface area (Å²) >= 11 is 0. The molecule has 0 saturated carbocycles. The molecule has 84 valence electrons. The molecule has 2 heterocycles. The molecule has 0 unspecified atom stereocenters. The molecule has 0 radical (unpaired) electrons. The van der Waals surface area contributed by atoms with Crippen LogP contribution >= 0.6 is 0 Å². The molecule has 0 fully saturated rings. The standard InChI is InChI=1S/C12H16N4/c1-9(2)10-4-5-11(13-8-10)14-12-6-7-16(3)15-12/h4-9H,1-3H3,(H,13,14,15). The second kappa shape index (κ2) is 4.35. The van der Waals surface area contributed by atoms with Crippen molar-refractivity contribution in [1.29, 1.82) is 0 Å². The first-order valence-electron chi connectivity index (χ1n) is 5.38. The van der Waals surface area contributed by atoms with Gasteiger partial charge in [0.15, 0.2) is 5.82 Å². The molecule has 2 aromatic heterocycles. The van der Waals surface area contributed by atoms with Crippen molar-refractivity contribution in [2.75, 3.05) is 5.32 Å². The van der Waals surface area contributed by atoms with Gasteiger partial charge >= 0.3 is 0 Å². The van der Waals surface area contributed by atoms with Gasteiger partial charge in [0.2, 0.25) is 0 Å². The molecule has 16 heavy (non-hydrogen) atoms. The fourth-order valence-electron chi connectivity index (χ4n) is 1.43. The van der Waals surface area contributed by atoms with E-state index in [2.05, 4.69) is 35.3 Å². The van der Waals surface area contributed by atoms with Crippen molar-refractivity contribution in [1.82, 2.24) is 14.8 Å². The summed E-state index contributed by atoms with van der Waals surface area (Å²) in [6.07, 6.45) is 3.79. The second-order valence-corrected chi connectivity index (χ2v) is 4.13. The van der Waals surface area contributed by atoms with Crippen molar-refractivity contribution in [3.05, 3.63) is 36.2 Å². The molecule has 1 N–H and O–H groups in total. The van der Waals surface area contributed by atoms with Crippen LogP contribution in [0.25, 0.3) is 0 Å². The molecule has 0 aliphatic heterocycles. The van der Waals surface area contributed by atoms with E-state index in [-0.39, 0.29) is 0 Å². The van der Waals surface area contributed by atoms with Crippen LogP contribution < -0.4 is 5.32 Å². The lowest BCUT2D eigenvalue weighted by Crippen LogP contribution is -1.97. The Morgan fingerprint density at radius 2 is 2.00 bits per heavy atom. The van der Waals surface area contributed by atoms with E-state index in [0.29, 0.717) is 5.92 Å². The first kappa shape index (κ1) is 10.7. The molecule has 0 aromatic carbocycles. The zero-order valence-electron chi connectivity index (χ0n) is 9.81. The average Bonchev–Trinajstić information content (AvgIpc) is 2.65. The average molecular weight is 216 g/mol. The van der Waals surface area contributed by atoms with Crippen molar-refractivity contribution in [3.8, 4) is 0 Å². The highest BCUT2D eigenvalue weighted by Crippen LogP contribution is 2.16. The van der Waals surface area contributed by atoms with Gasteiger partial charge < -0.3 is 5.32 Å². The van der Waals surface area contributed by atoms with E-state index < -0.39 is 0 Å². The zero-order chi connectivity index (χ0) is 11.5. The first-order chi connectivity index (χ1) is 7.65. The van der Waals surface area contributed by atoms with Gasteiger partial charge in [-0.25, -0.2) is 4.98 Å². The zero-order valence-corrected chi connectivity index (χ0v) is 9.81. The second-order valence-electron chi connectivity index (χ2n) is 4.13. The van der Waals surface area contributed by atoms with Gasteiger partial charge in [0, 0.05) is 25.5 Å². The van der Waals surface area contributed by atoms with Gasteiger partial charge in [-0.2, -0.15) is 5.10 Å². The Hall–Kier alpha value is -1.84. The number of pyridine rings is 1. The first-order valence-corrected chi connectivity index (χ1v) is 5.38. The largest absolute Gasteiger partial charge is 0.323 e. The number of hydrogen-bond acceptors (Lipinski definition) is 3. The minimum absolute atomic E-state index is 0.511. The van der Waals surface area contributed by atoms with Crippen LogP contribution in [-0.4, -0.2) is 14.8 Å². The van der Waals surface area contributed by atoms with E-state index in [1.165, 1.54) is 5.56 Å². The molecule has 0 amide bonds. The number of nitrogens with one attached hydrogen (secondary N) is 1.